The quantitative estimate of drug-likeness (QED) is 0.869. The van der Waals surface area contributed by atoms with E-state index in [0.717, 1.165) is 6.54 Å². The second-order valence-corrected chi connectivity index (χ2v) is 6.00. The van der Waals surface area contributed by atoms with Gasteiger partial charge in [-0.2, -0.15) is 5.10 Å². The van der Waals surface area contributed by atoms with Crippen molar-refractivity contribution >= 4 is 21.5 Å². The highest BCUT2D eigenvalue weighted by molar-refractivity contribution is 7.92. The number of aryl methyl sites for hydroxylation is 2. The molecule has 0 bridgehead atoms. The van der Waals surface area contributed by atoms with Gasteiger partial charge in [-0.15, -0.1) is 0 Å². The van der Waals surface area contributed by atoms with Crippen molar-refractivity contribution in [1.29, 1.82) is 0 Å². The van der Waals surface area contributed by atoms with E-state index in [1.165, 1.54) is 12.3 Å². The average Bonchev–Trinajstić information content (AvgIpc) is 2.68. The van der Waals surface area contributed by atoms with Crippen LogP contribution >= 0.6 is 0 Å². The Morgan fingerprint density at radius 1 is 1.35 bits per heavy atom. The number of hydrogen-bond donors (Lipinski definition) is 2. The Hall–Kier alpha value is -2.09. The number of hydrogen-bond acceptors (Lipinski definition) is 5. The Kier molecular flexibility index (Phi) is 3.93. The van der Waals surface area contributed by atoms with Crippen molar-refractivity contribution < 1.29 is 8.42 Å². The first-order chi connectivity index (χ1) is 9.42. The molecule has 0 fully saturated rings. The lowest BCUT2D eigenvalue weighted by Gasteiger charge is -2.07. The maximum absolute atomic E-state index is 12.2. The fourth-order valence-electron chi connectivity index (χ4n) is 1.73. The molecule has 0 saturated carbocycles. The van der Waals surface area contributed by atoms with Crippen LogP contribution in [-0.4, -0.2) is 29.7 Å². The number of pyridine rings is 1. The van der Waals surface area contributed by atoms with Crippen LogP contribution in [0.25, 0.3) is 0 Å². The van der Waals surface area contributed by atoms with Crippen molar-refractivity contribution in [2.75, 3.05) is 16.6 Å². The molecule has 0 amide bonds. The van der Waals surface area contributed by atoms with Gasteiger partial charge in [0, 0.05) is 26.0 Å². The van der Waals surface area contributed by atoms with Gasteiger partial charge in [-0.25, -0.2) is 13.4 Å². The van der Waals surface area contributed by atoms with Crippen molar-refractivity contribution in [3.63, 3.8) is 0 Å². The van der Waals surface area contributed by atoms with Crippen molar-refractivity contribution in [2.24, 2.45) is 7.05 Å². The number of nitrogens with zero attached hydrogens (tertiary/aromatic N) is 3. The minimum atomic E-state index is -3.65. The predicted molar refractivity (Wildman–Crippen MR) is 77.2 cm³/mol. The molecule has 2 N–H and O–H groups in total. The van der Waals surface area contributed by atoms with Crippen LogP contribution < -0.4 is 10.0 Å². The first-order valence-electron chi connectivity index (χ1n) is 6.15. The summed E-state index contributed by atoms with van der Waals surface area (Å²) in [7, 11) is -1.91. The van der Waals surface area contributed by atoms with Crippen LogP contribution in [0.3, 0.4) is 0 Å². The van der Waals surface area contributed by atoms with E-state index in [1.807, 2.05) is 6.92 Å². The zero-order valence-electron chi connectivity index (χ0n) is 11.6. The predicted octanol–water partition coefficient (Wildman–Crippen LogP) is 1.36. The van der Waals surface area contributed by atoms with Gasteiger partial charge in [0.2, 0.25) is 0 Å². The summed E-state index contributed by atoms with van der Waals surface area (Å²) >= 11 is 0. The molecule has 0 aromatic carbocycles. The van der Waals surface area contributed by atoms with Crippen molar-refractivity contribution in [3.05, 3.63) is 30.2 Å². The summed E-state index contributed by atoms with van der Waals surface area (Å²) < 4.78 is 28.5. The van der Waals surface area contributed by atoms with E-state index in [-0.39, 0.29) is 4.90 Å². The molecule has 0 aliphatic carbocycles. The van der Waals surface area contributed by atoms with Gasteiger partial charge in [0.05, 0.1) is 11.4 Å². The number of nitrogens with one attached hydrogen (secondary N) is 2. The van der Waals surface area contributed by atoms with Gasteiger partial charge >= 0.3 is 0 Å². The number of rotatable bonds is 5. The van der Waals surface area contributed by atoms with Gasteiger partial charge in [-0.3, -0.25) is 9.40 Å². The number of sulfonamides is 1. The summed E-state index contributed by atoms with van der Waals surface area (Å²) in [5.74, 6) is 0.643. The maximum Gasteiger partial charge on any atom is 0.263 e. The minimum absolute atomic E-state index is 0.113. The second kappa shape index (κ2) is 5.49. The lowest BCUT2D eigenvalue weighted by Crippen LogP contribution is -2.13. The van der Waals surface area contributed by atoms with Crippen LogP contribution in [-0.2, 0) is 17.1 Å². The van der Waals surface area contributed by atoms with E-state index in [4.69, 9.17) is 0 Å². The van der Waals surface area contributed by atoms with Gasteiger partial charge in [0.1, 0.15) is 10.7 Å². The first kappa shape index (κ1) is 14.3. The Morgan fingerprint density at radius 3 is 2.60 bits per heavy atom. The van der Waals surface area contributed by atoms with Crippen molar-refractivity contribution in [1.82, 2.24) is 14.8 Å². The standard InChI is InChI=1S/C12H17N5O2S/c1-4-13-12-6-5-10(7-14-12)20(18,19)16-11-8-17(3)15-9(11)2/h5-8,16H,4H2,1-3H3,(H,13,14). The van der Waals surface area contributed by atoms with Crippen LogP contribution in [0.5, 0.6) is 0 Å². The zero-order valence-corrected chi connectivity index (χ0v) is 12.4. The molecular formula is C12H17N5O2S. The second-order valence-electron chi connectivity index (χ2n) is 4.32. The molecule has 0 radical (unpaired) electrons. The monoisotopic (exact) mass is 295 g/mol. The Bertz CT molecular complexity index is 691. The van der Waals surface area contributed by atoms with E-state index in [1.54, 1.807) is 30.9 Å². The topological polar surface area (TPSA) is 88.9 Å². The number of aromatic nitrogens is 3. The normalized spacial score (nSPS) is 11.3. The van der Waals surface area contributed by atoms with E-state index in [9.17, 15) is 8.42 Å². The molecule has 0 atom stereocenters. The van der Waals surface area contributed by atoms with Crippen LogP contribution in [0, 0.1) is 6.92 Å². The van der Waals surface area contributed by atoms with Crippen LogP contribution in [0.2, 0.25) is 0 Å². The van der Waals surface area contributed by atoms with Gasteiger partial charge in [-0.05, 0) is 26.0 Å². The first-order valence-corrected chi connectivity index (χ1v) is 7.63. The summed E-state index contributed by atoms with van der Waals surface area (Å²) in [5.41, 5.74) is 1.08. The summed E-state index contributed by atoms with van der Waals surface area (Å²) in [4.78, 5) is 4.17. The minimum Gasteiger partial charge on any atom is -0.370 e. The lowest BCUT2D eigenvalue weighted by atomic mass is 10.4. The molecule has 2 rings (SSSR count). The molecule has 0 saturated heterocycles. The molecule has 8 heteroatoms. The van der Waals surface area contributed by atoms with Crippen LogP contribution in [0.15, 0.2) is 29.4 Å². The summed E-state index contributed by atoms with van der Waals surface area (Å²) in [6, 6.07) is 3.15. The van der Waals surface area contributed by atoms with E-state index in [0.29, 0.717) is 17.2 Å². The summed E-state index contributed by atoms with van der Waals surface area (Å²) in [6.45, 7) is 4.41. The van der Waals surface area contributed by atoms with Gasteiger partial charge in [0.25, 0.3) is 10.0 Å². The number of anilines is 2. The average molecular weight is 295 g/mol. The van der Waals surface area contributed by atoms with Crippen molar-refractivity contribution in [2.45, 2.75) is 18.7 Å². The molecule has 108 valence electrons. The molecule has 7 nitrogen and oxygen atoms in total. The molecule has 0 aliphatic rings. The van der Waals surface area contributed by atoms with Crippen molar-refractivity contribution in [3.8, 4) is 0 Å². The van der Waals surface area contributed by atoms with E-state index < -0.39 is 10.0 Å². The SMILES string of the molecule is CCNc1ccc(S(=O)(=O)Nc2cn(C)nc2C)cn1. The summed E-state index contributed by atoms with van der Waals surface area (Å²) in [5, 5.41) is 7.10. The van der Waals surface area contributed by atoms with Gasteiger partial charge in [-0.1, -0.05) is 0 Å². The highest BCUT2D eigenvalue weighted by Gasteiger charge is 2.17. The molecule has 2 aromatic heterocycles. The third-order valence-electron chi connectivity index (χ3n) is 2.66. The Balaban J connectivity index is 2.24. The van der Waals surface area contributed by atoms with Crippen LogP contribution in [0.1, 0.15) is 12.6 Å². The zero-order chi connectivity index (χ0) is 14.8. The third-order valence-corrected chi connectivity index (χ3v) is 4.01. The molecule has 2 aromatic rings. The fourth-order valence-corrected chi connectivity index (χ4v) is 2.77. The maximum atomic E-state index is 12.2. The molecule has 0 aliphatic heterocycles. The van der Waals surface area contributed by atoms with E-state index >= 15 is 0 Å². The highest BCUT2D eigenvalue weighted by Crippen LogP contribution is 2.18. The Labute approximate surface area is 118 Å². The molecule has 0 spiro atoms. The molecular weight excluding hydrogens is 278 g/mol. The fraction of sp³-hybridized carbons (Fsp3) is 0.333. The molecule has 20 heavy (non-hydrogen) atoms. The van der Waals surface area contributed by atoms with Gasteiger partial charge in [0.15, 0.2) is 0 Å². The lowest BCUT2D eigenvalue weighted by molar-refractivity contribution is 0.601. The van der Waals surface area contributed by atoms with E-state index in [2.05, 4.69) is 20.1 Å². The van der Waals surface area contributed by atoms with Crippen LogP contribution in [0.4, 0.5) is 11.5 Å². The smallest absolute Gasteiger partial charge is 0.263 e. The largest absolute Gasteiger partial charge is 0.370 e. The molecule has 2 heterocycles. The summed E-state index contributed by atoms with van der Waals surface area (Å²) in [6.07, 6.45) is 2.94. The Morgan fingerprint density at radius 2 is 2.10 bits per heavy atom. The van der Waals surface area contributed by atoms with Gasteiger partial charge < -0.3 is 5.32 Å². The molecule has 0 unspecified atom stereocenters. The highest BCUT2D eigenvalue weighted by atomic mass is 32.2. The third kappa shape index (κ3) is 3.08.